The van der Waals surface area contributed by atoms with Gasteiger partial charge in [-0.05, 0) is 6.42 Å². The first-order valence-corrected chi connectivity index (χ1v) is 8.61. The van der Waals surface area contributed by atoms with E-state index in [0.717, 1.165) is 13.0 Å². The number of hydrogen-bond acceptors (Lipinski definition) is 5. The van der Waals surface area contributed by atoms with Gasteiger partial charge >= 0.3 is 5.97 Å². The second-order valence-corrected chi connectivity index (χ2v) is 5.33. The lowest BCUT2D eigenvalue weighted by Crippen LogP contribution is -2.14. The first kappa shape index (κ1) is 21.4. The molecular formula is C17H34O5. The van der Waals surface area contributed by atoms with E-state index < -0.39 is 0 Å². The first-order valence-electron chi connectivity index (χ1n) is 8.61. The Morgan fingerprint density at radius 3 is 1.77 bits per heavy atom. The molecule has 0 atom stereocenters. The van der Waals surface area contributed by atoms with Crippen LogP contribution in [0.1, 0.15) is 58.3 Å². The smallest absolute Gasteiger partial charge is 0.331 e. The minimum atomic E-state index is -0.367. The van der Waals surface area contributed by atoms with E-state index in [4.69, 9.17) is 14.2 Å². The predicted molar refractivity (Wildman–Crippen MR) is 87.1 cm³/mol. The normalized spacial score (nSPS) is 10.8. The summed E-state index contributed by atoms with van der Waals surface area (Å²) in [5.41, 5.74) is 0. The lowest BCUT2D eigenvalue weighted by atomic mass is 10.1. The second-order valence-electron chi connectivity index (χ2n) is 5.33. The molecule has 132 valence electrons. The summed E-state index contributed by atoms with van der Waals surface area (Å²) in [4.78, 5) is 10.8. The van der Waals surface area contributed by atoms with Crippen molar-refractivity contribution in [2.45, 2.75) is 58.3 Å². The van der Waals surface area contributed by atoms with E-state index >= 15 is 0 Å². The number of unbranched alkanes of at least 4 members (excludes halogenated alkanes) is 7. The Morgan fingerprint density at radius 1 is 0.682 bits per heavy atom. The quantitative estimate of drug-likeness (QED) is 0.304. The Bertz CT molecular complexity index is 233. The van der Waals surface area contributed by atoms with Gasteiger partial charge in [0.25, 0.3) is 0 Å². The average molecular weight is 318 g/mol. The third-order valence-corrected chi connectivity index (χ3v) is 3.33. The zero-order chi connectivity index (χ0) is 16.3. The Labute approximate surface area is 135 Å². The highest BCUT2D eigenvalue weighted by Crippen LogP contribution is 2.08. The molecule has 5 heteroatoms. The van der Waals surface area contributed by atoms with Gasteiger partial charge in [-0.15, -0.1) is 0 Å². The summed E-state index contributed by atoms with van der Waals surface area (Å²) in [5, 5.41) is 0. The monoisotopic (exact) mass is 318 g/mol. The van der Waals surface area contributed by atoms with E-state index in [9.17, 15) is 4.79 Å². The van der Waals surface area contributed by atoms with Gasteiger partial charge in [0.2, 0.25) is 0 Å². The van der Waals surface area contributed by atoms with E-state index in [-0.39, 0.29) is 12.6 Å². The maximum absolute atomic E-state index is 10.8. The summed E-state index contributed by atoms with van der Waals surface area (Å²) in [5.74, 6) is -0.367. The molecule has 0 aliphatic rings. The molecule has 0 N–H and O–H groups in total. The van der Waals surface area contributed by atoms with Crippen molar-refractivity contribution >= 4 is 5.97 Å². The topological polar surface area (TPSA) is 54.0 Å². The standard InChI is InChI=1S/C17H34O5/c1-3-4-5-6-7-8-9-10-11-20-12-13-21-14-15-22-16-17(18)19-2/h3-16H2,1-2H3. The van der Waals surface area contributed by atoms with E-state index in [1.165, 1.54) is 52.1 Å². The van der Waals surface area contributed by atoms with Crippen LogP contribution in [0.4, 0.5) is 0 Å². The van der Waals surface area contributed by atoms with Gasteiger partial charge in [0, 0.05) is 6.61 Å². The first-order chi connectivity index (χ1) is 10.8. The molecule has 0 rings (SSSR count). The van der Waals surface area contributed by atoms with Crippen molar-refractivity contribution < 1.29 is 23.7 Å². The zero-order valence-electron chi connectivity index (χ0n) is 14.4. The number of hydrogen-bond donors (Lipinski definition) is 0. The van der Waals surface area contributed by atoms with E-state index in [1.807, 2.05) is 0 Å². The van der Waals surface area contributed by atoms with Crippen molar-refractivity contribution in [1.29, 1.82) is 0 Å². The van der Waals surface area contributed by atoms with Crippen molar-refractivity contribution in [2.24, 2.45) is 0 Å². The van der Waals surface area contributed by atoms with Crippen LogP contribution >= 0.6 is 0 Å². The molecule has 0 aliphatic carbocycles. The lowest BCUT2D eigenvalue weighted by Gasteiger charge is -2.06. The third-order valence-electron chi connectivity index (χ3n) is 3.33. The van der Waals surface area contributed by atoms with E-state index in [2.05, 4.69) is 11.7 Å². The average Bonchev–Trinajstić information content (AvgIpc) is 2.54. The Balaban J connectivity index is 2.98. The predicted octanol–water partition coefficient (Wildman–Crippen LogP) is 3.35. The van der Waals surface area contributed by atoms with Crippen molar-refractivity contribution in [1.82, 2.24) is 0 Å². The highest BCUT2D eigenvalue weighted by molar-refractivity contribution is 5.70. The third kappa shape index (κ3) is 17.4. The number of carbonyl (C=O) groups is 1. The summed E-state index contributed by atoms with van der Waals surface area (Å²) >= 11 is 0. The van der Waals surface area contributed by atoms with Gasteiger partial charge < -0.3 is 18.9 Å². The molecule has 0 aliphatic heterocycles. The molecule has 0 aromatic heterocycles. The van der Waals surface area contributed by atoms with Crippen LogP contribution in [0, 0.1) is 0 Å². The van der Waals surface area contributed by atoms with E-state index in [1.54, 1.807) is 0 Å². The Hall–Kier alpha value is -0.650. The molecule has 0 heterocycles. The summed E-state index contributed by atoms with van der Waals surface area (Å²) in [6, 6.07) is 0. The van der Waals surface area contributed by atoms with Crippen molar-refractivity contribution in [2.75, 3.05) is 46.8 Å². The van der Waals surface area contributed by atoms with Gasteiger partial charge in [0.1, 0.15) is 6.61 Å². The van der Waals surface area contributed by atoms with Crippen LogP contribution in [-0.4, -0.2) is 52.7 Å². The SMILES string of the molecule is CCCCCCCCCCOCCOCCOCC(=O)OC. The fraction of sp³-hybridized carbons (Fsp3) is 0.941. The summed E-state index contributed by atoms with van der Waals surface area (Å²) < 4.78 is 20.3. The van der Waals surface area contributed by atoms with Gasteiger partial charge in [-0.25, -0.2) is 4.79 Å². The summed E-state index contributed by atoms with van der Waals surface area (Å²) in [7, 11) is 1.34. The molecule has 0 fully saturated rings. The molecule has 0 saturated carbocycles. The fourth-order valence-corrected chi connectivity index (χ4v) is 1.99. The number of methoxy groups -OCH3 is 1. The fourth-order valence-electron chi connectivity index (χ4n) is 1.99. The zero-order valence-corrected chi connectivity index (χ0v) is 14.4. The molecular weight excluding hydrogens is 284 g/mol. The lowest BCUT2D eigenvalue weighted by molar-refractivity contribution is -0.146. The van der Waals surface area contributed by atoms with Crippen LogP contribution in [0.2, 0.25) is 0 Å². The number of esters is 1. The van der Waals surface area contributed by atoms with Crippen LogP contribution in [0.3, 0.4) is 0 Å². The van der Waals surface area contributed by atoms with Crippen LogP contribution in [0.5, 0.6) is 0 Å². The molecule has 0 amide bonds. The molecule has 22 heavy (non-hydrogen) atoms. The van der Waals surface area contributed by atoms with Crippen molar-refractivity contribution in [3.05, 3.63) is 0 Å². The van der Waals surface area contributed by atoms with Crippen LogP contribution in [-0.2, 0) is 23.7 Å². The minimum absolute atomic E-state index is 0.0190. The highest BCUT2D eigenvalue weighted by atomic mass is 16.6. The van der Waals surface area contributed by atoms with E-state index in [0.29, 0.717) is 26.4 Å². The van der Waals surface area contributed by atoms with Crippen LogP contribution in [0.25, 0.3) is 0 Å². The maximum Gasteiger partial charge on any atom is 0.331 e. The minimum Gasteiger partial charge on any atom is -0.467 e. The Kier molecular flexibility index (Phi) is 17.9. The number of ether oxygens (including phenoxy) is 4. The largest absolute Gasteiger partial charge is 0.467 e. The van der Waals surface area contributed by atoms with Gasteiger partial charge in [0.05, 0.1) is 33.5 Å². The van der Waals surface area contributed by atoms with Gasteiger partial charge in [0.15, 0.2) is 0 Å². The second kappa shape index (κ2) is 18.4. The van der Waals surface area contributed by atoms with Crippen molar-refractivity contribution in [3.8, 4) is 0 Å². The molecule has 0 bridgehead atoms. The van der Waals surface area contributed by atoms with Crippen LogP contribution in [0.15, 0.2) is 0 Å². The molecule has 0 aromatic carbocycles. The molecule has 0 unspecified atom stereocenters. The van der Waals surface area contributed by atoms with Gasteiger partial charge in [-0.3, -0.25) is 0 Å². The van der Waals surface area contributed by atoms with Gasteiger partial charge in [-0.2, -0.15) is 0 Å². The van der Waals surface area contributed by atoms with Crippen LogP contribution < -0.4 is 0 Å². The molecule has 0 aromatic rings. The molecule has 0 spiro atoms. The van der Waals surface area contributed by atoms with Gasteiger partial charge in [-0.1, -0.05) is 51.9 Å². The maximum atomic E-state index is 10.8. The summed E-state index contributed by atoms with van der Waals surface area (Å²) in [6.45, 7) is 5.10. The molecule has 0 radical (unpaired) electrons. The molecule has 5 nitrogen and oxygen atoms in total. The number of carbonyl (C=O) groups excluding carboxylic acids is 1. The van der Waals surface area contributed by atoms with Crippen molar-refractivity contribution in [3.63, 3.8) is 0 Å². The molecule has 0 saturated heterocycles. The summed E-state index contributed by atoms with van der Waals surface area (Å²) in [6.07, 6.45) is 10.5. The highest BCUT2D eigenvalue weighted by Gasteiger charge is 1.98. The Morgan fingerprint density at radius 2 is 1.18 bits per heavy atom. The number of rotatable bonds is 17.